The van der Waals surface area contributed by atoms with Crippen LogP contribution in [0, 0.1) is 5.92 Å². The number of rotatable bonds is 15. The van der Waals surface area contributed by atoms with E-state index >= 15 is 0 Å². The predicted octanol–water partition coefficient (Wildman–Crippen LogP) is -1.51. The van der Waals surface area contributed by atoms with Crippen molar-refractivity contribution in [1.29, 1.82) is 0 Å². The lowest BCUT2D eigenvalue weighted by Crippen LogP contribution is -2.60. The Labute approximate surface area is 215 Å². The Morgan fingerprint density at radius 1 is 0.892 bits per heavy atom. The van der Waals surface area contributed by atoms with E-state index in [1.54, 1.807) is 13.8 Å². The second kappa shape index (κ2) is 14.8. The molecule has 10 N–H and O–H groups in total. The highest BCUT2D eigenvalue weighted by Crippen LogP contribution is 2.12. The van der Waals surface area contributed by atoms with E-state index in [0.29, 0.717) is 5.56 Å². The predicted molar refractivity (Wildman–Crippen MR) is 133 cm³/mol. The third-order valence-electron chi connectivity index (χ3n) is 5.43. The van der Waals surface area contributed by atoms with Crippen LogP contribution in [0.1, 0.15) is 45.6 Å². The number of carbonyl (C=O) groups is 5. The number of carbonyl (C=O) groups excluding carboxylic acids is 4. The Kier molecular flexibility index (Phi) is 12.5. The molecule has 0 spiro atoms. The standard InChI is InChI=1S/C24H37N5O8/c1-12(2)10-17(27-21(33)16(25)8-9-19(26)32)22(34)29-20(13(3)30)23(35)28-18(24(36)37)11-14-4-6-15(31)7-5-14/h4-7,12-13,16-18,20,30-31H,8-11,25H2,1-3H3,(H2,26,32)(H,27,33)(H,28,35)(H,29,34)(H,36,37). The monoisotopic (exact) mass is 523 g/mol. The number of aliphatic hydroxyl groups is 1. The summed E-state index contributed by atoms with van der Waals surface area (Å²) in [6.45, 7) is 4.86. The molecule has 1 aromatic carbocycles. The Bertz CT molecular complexity index is 951. The Morgan fingerprint density at radius 2 is 1.46 bits per heavy atom. The molecule has 206 valence electrons. The second-order valence-electron chi connectivity index (χ2n) is 9.30. The number of aliphatic carboxylic acids is 1. The second-order valence-corrected chi connectivity index (χ2v) is 9.30. The minimum absolute atomic E-state index is 0.00610. The summed E-state index contributed by atoms with van der Waals surface area (Å²) in [4.78, 5) is 61.0. The number of hydrogen-bond acceptors (Lipinski definition) is 8. The highest BCUT2D eigenvalue weighted by molar-refractivity contribution is 5.94. The van der Waals surface area contributed by atoms with Crippen LogP contribution in [0.15, 0.2) is 24.3 Å². The van der Waals surface area contributed by atoms with Gasteiger partial charge in [0.2, 0.25) is 23.6 Å². The molecule has 0 radical (unpaired) electrons. The van der Waals surface area contributed by atoms with E-state index < -0.39 is 59.9 Å². The van der Waals surface area contributed by atoms with E-state index in [9.17, 15) is 39.3 Å². The van der Waals surface area contributed by atoms with Gasteiger partial charge in [0.25, 0.3) is 0 Å². The zero-order valence-corrected chi connectivity index (χ0v) is 21.1. The zero-order valence-electron chi connectivity index (χ0n) is 21.1. The van der Waals surface area contributed by atoms with E-state index in [2.05, 4.69) is 16.0 Å². The summed E-state index contributed by atoms with van der Waals surface area (Å²) < 4.78 is 0. The lowest BCUT2D eigenvalue weighted by molar-refractivity contribution is -0.143. The molecule has 4 amide bonds. The molecule has 13 heteroatoms. The smallest absolute Gasteiger partial charge is 0.326 e. The van der Waals surface area contributed by atoms with Crippen LogP contribution in [-0.4, -0.2) is 75.2 Å². The van der Waals surface area contributed by atoms with Crippen LogP contribution in [0.2, 0.25) is 0 Å². The minimum Gasteiger partial charge on any atom is -0.508 e. The Hall–Kier alpha value is -3.71. The molecule has 37 heavy (non-hydrogen) atoms. The molecule has 0 bridgehead atoms. The number of amides is 4. The van der Waals surface area contributed by atoms with Crippen molar-refractivity contribution in [2.75, 3.05) is 0 Å². The van der Waals surface area contributed by atoms with Crippen LogP contribution < -0.4 is 27.4 Å². The molecule has 0 saturated heterocycles. The van der Waals surface area contributed by atoms with Crippen LogP contribution in [0.4, 0.5) is 0 Å². The highest BCUT2D eigenvalue weighted by Gasteiger charge is 2.33. The molecular weight excluding hydrogens is 486 g/mol. The molecule has 13 nitrogen and oxygen atoms in total. The van der Waals surface area contributed by atoms with Gasteiger partial charge in [-0.25, -0.2) is 4.79 Å². The number of hydrogen-bond donors (Lipinski definition) is 8. The van der Waals surface area contributed by atoms with Crippen molar-refractivity contribution < 1.29 is 39.3 Å². The van der Waals surface area contributed by atoms with Crippen LogP contribution in [0.5, 0.6) is 5.75 Å². The van der Waals surface area contributed by atoms with Gasteiger partial charge in [-0.3, -0.25) is 19.2 Å². The van der Waals surface area contributed by atoms with Crippen molar-refractivity contribution in [3.63, 3.8) is 0 Å². The molecule has 0 aliphatic rings. The number of benzene rings is 1. The maximum absolute atomic E-state index is 13.0. The number of nitrogens with two attached hydrogens (primary N) is 2. The summed E-state index contributed by atoms with van der Waals surface area (Å²) in [5, 5.41) is 36.3. The summed E-state index contributed by atoms with van der Waals surface area (Å²) in [7, 11) is 0. The number of carboxylic acids is 1. The summed E-state index contributed by atoms with van der Waals surface area (Å²) in [6, 6.07) is 0.622. The topological polar surface area (TPSA) is 234 Å². The average molecular weight is 524 g/mol. The van der Waals surface area contributed by atoms with Crippen LogP contribution in [-0.2, 0) is 30.4 Å². The molecule has 5 unspecified atom stereocenters. The summed E-state index contributed by atoms with van der Waals surface area (Å²) in [6.07, 6.45) is -1.48. The average Bonchev–Trinajstić information content (AvgIpc) is 2.80. The number of phenols is 1. The SMILES string of the molecule is CC(C)CC(NC(=O)C(N)CCC(N)=O)C(=O)NC(C(=O)NC(Cc1ccc(O)cc1)C(=O)O)C(C)O. The van der Waals surface area contributed by atoms with Crippen LogP contribution in [0.3, 0.4) is 0 Å². The number of aromatic hydroxyl groups is 1. The first-order chi connectivity index (χ1) is 17.2. The third kappa shape index (κ3) is 11.3. The summed E-state index contributed by atoms with van der Waals surface area (Å²) in [5.41, 5.74) is 11.4. The van der Waals surface area contributed by atoms with E-state index in [4.69, 9.17) is 11.5 Å². The molecule has 0 fully saturated rings. The van der Waals surface area contributed by atoms with Crippen molar-refractivity contribution in [3.05, 3.63) is 29.8 Å². The van der Waals surface area contributed by atoms with Crippen molar-refractivity contribution in [2.45, 2.75) is 76.7 Å². The molecule has 0 saturated carbocycles. The lowest BCUT2D eigenvalue weighted by Gasteiger charge is -2.27. The molecular formula is C24H37N5O8. The fourth-order valence-electron chi connectivity index (χ4n) is 3.40. The molecule has 0 aliphatic carbocycles. The van der Waals surface area contributed by atoms with Gasteiger partial charge in [0.1, 0.15) is 23.9 Å². The van der Waals surface area contributed by atoms with E-state index in [0.717, 1.165) is 0 Å². The van der Waals surface area contributed by atoms with Crippen LogP contribution >= 0.6 is 0 Å². The van der Waals surface area contributed by atoms with Gasteiger partial charge >= 0.3 is 5.97 Å². The number of phenolic OH excluding ortho intramolecular Hbond substituents is 1. The van der Waals surface area contributed by atoms with Crippen molar-refractivity contribution in [1.82, 2.24) is 16.0 Å². The fraction of sp³-hybridized carbons (Fsp3) is 0.542. The molecule has 0 aromatic heterocycles. The number of primary amides is 1. The van der Waals surface area contributed by atoms with Crippen LogP contribution in [0.25, 0.3) is 0 Å². The lowest BCUT2D eigenvalue weighted by atomic mass is 10.0. The molecule has 5 atom stereocenters. The number of aliphatic hydroxyl groups excluding tert-OH is 1. The Balaban J connectivity index is 2.95. The van der Waals surface area contributed by atoms with Gasteiger partial charge in [0, 0.05) is 12.8 Å². The van der Waals surface area contributed by atoms with Gasteiger partial charge in [-0.15, -0.1) is 0 Å². The molecule has 0 heterocycles. The number of nitrogens with one attached hydrogen (secondary N) is 3. The normalized spacial score (nSPS) is 15.1. The van der Waals surface area contributed by atoms with E-state index in [1.165, 1.54) is 31.2 Å². The first kappa shape index (κ1) is 31.3. The first-order valence-electron chi connectivity index (χ1n) is 11.8. The van der Waals surface area contributed by atoms with Gasteiger partial charge in [0.15, 0.2) is 0 Å². The van der Waals surface area contributed by atoms with E-state index in [-0.39, 0.29) is 37.4 Å². The maximum Gasteiger partial charge on any atom is 0.326 e. The van der Waals surface area contributed by atoms with Crippen molar-refractivity contribution in [2.24, 2.45) is 17.4 Å². The Morgan fingerprint density at radius 3 is 1.95 bits per heavy atom. The highest BCUT2D eigenvalue weighted by atomic mass is 16.4. The van der Waals surface area contributed by atoms with Gasteiger partial charge in [-0.2, -0.15) is 0 Å². The zero-order chi connectivity index (χ0) is 28.3. The van der Waals surface area contributed by atoms with Crippen molar-refractivity contribution in [3.8, 4) is 5.75 Å². The summed E-state index contributed by atoms with van der Waals surface area (Å²) in [5.74, 6) is -4.45. The number of carboxylic acid groups (broad SMARTS) is 1. The largest absolute Gasteiger partial charge is 0.508 e. The molecule has 0 aliphatic heterocycles. The minimum atomic E-state index is -1.52. The molecule has 1 aromatic rings. The molecule has 1 rings (SSSR count). The van der Waals surface area contributed by atoms with Gasteiger partial charge in [-0.05, 0) is 43.4 Å². The van der Waals surface area contributed by atoms with Crippen molar-refractivity contribution >= 4 is 29.6 Å². The fourth-order valence-corrected chi connectivity index (χ4v) is 3.40. The van der Waals surface area contributed by atoms with Gasteiger partial charge in [0.05, 0.1) is 12.1 Å². The maximum atomic E-state index is 13.0. The third-order valence-corrected chi connectivity index (χ3v) is 5.43. The summed E-state index contributed by atoms with van der Waals surface area (Å²) >= 11 is 0. The quantitative estimate of drug-likeness (QED) is 0.133. The van der Waals surface area contributed by atoms with E-state index in [1.807, 2.05) is 0 Å². The van der Waals surface area contributed by atoms with Gasteiger partial charge < -0.3 is 42.7 Å². The van der Waals surface area contributed by atoms with Gasteiger partial charge in [-0.1, -0.05) is 26.0 Å². The first-order valence-corrected chi connectivity index (χ1v) is 11.8.